The summed E-state index contributed by atoms with van der Waals surface area (Å²) in [4.78, 5) is 12.6. The van der Waals surface area contributed by atoms with Crippen LogP contribution in [0.2, 0.25) is 0 Å². The first kappa shape index (κ1) is 20.5. The standard InChI is InChI=1S/C20H32O4/c1-15-16(2)19(23-3)20(24-4)18(22)17(15)13-11-9-7-5-6-8-10-12-14-21/h21H,2,5-14H2,1,3-4H3. The first-order valence-corrected chi connectivity index (χ1v) is 8.95. The highest BCUT2D eigenvalue weighted by Gasteiger charge is 2.30. The van der Waals surface area contributed by atoms with Crippen molar-refractivity contribution in [2.45, 2.75) is 64.7 Å². The molecular formula is C20H32O4. The van der Waals surface area contributed by atoms with Gasteiger partial charge in [-0.05, 0) is 31.8 Å². The zero-order valence-electron chi connectivity index (χ0n) is 15.5. The summed E-state index contributed by atoms with van der Waals surface area (Å²) < 4.78 is 10.5. The Morgan fingerprint density at radius 3 is 1.88 bits per heavy atom. The van der Waals surface area contributed by atoms with Crippen LogP contribution in [0.3, 0.4) is 0 Å². The summed E-state index contributed by atoms with van der Waals surface area (Å²) in [5.74, 6) is 0.655. The lowest BCUT2D eigenvalue weighted by Crippen LogP contribution is -2.19. The van der Waals surface area contributed by atoms with Crippen molar-refractivity contribution >= 4 is 5.78 Å². The summed E-state index contributed by atoms with van der Waals surface area (Å²) in [6.07, 6.45) is 9.76. The molecule has 0 amide bonds. The molecule has 0 fully saturated rings. The number of methoxy groups -OCH3 is 2. The maximum Gasteiger partial charge on any atom is 0.227 e. The van der Waals surface area contributed by atoms with E-state index in [-0.39, 0.29) is 11.5 Å². The molecule has 0 bridgehead atoms. The molecule has 0 aromatic heterocycles. The lowest BCUT2D eigenvalue weighted by Gasteiger charge is -2.23. The minimum absolute atomic E-state index is 0.0664. The number of carbonyl (C=O) groups excluding carboxylic acids is 1. The van der Waals surface area contributed by atoms with Crippen LogP contribution >= 0.6 is 0 Å². The van der Waals surface area contributed by atoms with Gasteiger partial charge in [0.2, 0.25) is 11.5 Å². The van der Waals surface area contributed by atoms with Crippen LogP contribution in [0.25, 0.3) is 0 Å². The molecule has 1 rings (SSSR count). The normalized spacial score (nSPS) is 15.3. The Labute approximate surface area is 146 Å². The van der Waals surface area contributed by atoms with Gasteiger partial charge in [0.25, 0.3) is 0 Å². The van der Waals surface area contributed by atoms with E-state index in [0.717, 1.165) is 48.8 Å². The van der Waals surface area contributed by atoms with Crippen LogP contribution in [0.5, 0.6) is 0 Å². The zero-order chi connectivity index (χ0) is 17.9. The van der Waals surface area contributed by atoms with E-state index in [9.17, 15) is 4.79 Å². The summed E-state index contributed by atoms with van der Waals surface area (Å²) in [6.45, 7) is 6.27. The molecule has 0 aromatic carbocycles. The van der Waals surface area contributed by atoms with Crippen molar-refractivity contribution in [1.82, 2.24) is 0 Å². The van der Waals surface area contributed by atoms with Gasteiger partial charge in [0.15, 0.2) is 5.76 Å². The predicted molar refractivity (Wildman–Crippen MR) is 96.5 cm³/mol. The van der Waals surface area contributed by atoms with E-state index in [0.29, 0.717) is 12.4 Å². The SMILES string of the molecule is C=C1C(C)=C(CCCCCCCCCCO)C(=O)C(OC)=C1OC. The number of ether oxygens (including phenoxy) is 2. The third-order valence-corrected chi connectivity index (χ3v) is 4.61. The molecule has 0 aliphatic heterocycles. The molecule has 0 saturated carbocycles. The minimum Gasteiger partial charge on any atom is -0.492 e. The van der Waals surface area contributed by atoms with Crippen molar-refractivity contribution in [3.8, 4) is 0 Å². The smallest absolute Gasteiger partial charge is 0.227 e. The van der Waals surface area contributed by atoms with Gasteiger partial charge in [-0.25, -0.2) is 0 Å². The largest absolute Gasteiger partial charge is 0.492 e. The number of Topliss-reactive ketones (excluding diaryl/α,β-unsaturated/α-hetero) is 1. The Hall–Kier alpha value is -1.55. The molecule has 24 heavy (non-hydrogen) atoms. The molecule has 1 aliphatic rings. The molecule has 0 radical (unpaired) electrons. The van der Waals surface area contributed by atoms with Crippen molar-refractivity contribution in [3.05, 3.63) is 34.8 Å². The lowest BCUT2D eigenvalue weighted by atomic mass is 9.87. The topological polar surface area (TPSA) is 55.8 Å². The van der Waals surface area contributed by atoms with E-state index in [1.54, 1.807) is 0 Å². The number of carbonyl (C=O) groups is 1. The molecule has 4 heteroatoms. The fourth-order valence-electron chi connectivity index (χ4n) is 3.08. The number of aliphatic hydroxyl groups excluding tert-OH is 1. The van der Waals surface area contributed by atoms with E-state index in [2.05, 4.69) is 6.58 Å². The molecule has 0 heterocycles. The van der Waals surface area contributed by atoms with E-state index in [1.165, 1.54) is 39.9 Å². The van der Waals surface area contributed by atoms with Crippen molar-refractivity contribution in [2.24, 2.45) is 0 Å². The van der Waals surface area contributed by atoms with Crippen molar-refractivity contribution in [2.75, 3.05) is 20.8 Å². The molecule has 136 valence electrons. The van der Waals surface area contributed by atoms with Crippen LogP contribution in [0.15, 0.2) is 34.8 Å². The second-order valence-electron chi connectivity index (χ2n) is 6.28. The molecule has 0 aromatic rings. The van der Waals surface area contributed by atoms with Gasteiger partial charge in [0, 0.05) is 17.8 Å². The summed E-state index contributed by atoms with van der Waals surface area (Å²) in [7, 11) is 3.03. The van der Waals surface area contributed by atoms with Crippen LogP contribution in [0.1, 0.15) is 64.7 Å². The quantitative estimate of drug-likeness (QED) is 0.535. The van der Waals surface area contributed by atoms with E-state index in [1.807, 2.05) is 6.92 Å². The number of unbranched alkanes of at least 4 members (excludes halogenated alkanes) is 7. The third kappa shape index (κ3) is 5.52. The molecular weight excluding hydrogens is 304 g/mol. The second-order valence-corrected chi connectivity index (χ2v) is 6.28. The Kier molecular flexibility index (Phi) is 9.46. The van der Waals surface area contributed by atoms with Gasteiger partial charge < -0.3 is 14.6 Å². The fraction of sp³-hybridized carbons (Fsp3) is 0.650. The summed E-state index contributed by atoms with van der Waals surface area (Å²) in [6, 6.07) is 0. The first-order valence-electron chi connectivity index (χ1n) is 8.95. The van der Waals surface area contributed by atoms with E-state index < -0.39 is 0 Å². The van der Waals surface area contributed by atoms with Crippen molar-refractivity contribution < 1.29 is 19.4 Å². The average molecular weight is 336 g/mol. The summed E-state index contributed by atoms with van der Waals surface area (Å²) in [5, 5.41) is 8.73. The maximum atomic E-state index is 12.6. The molecule has 0 saturated heterocycles. The molecule has 0 spiro atoms. The minimum atomic E-state index is -0.0664. The van der Waals surface area contributed by atoms with Gasteiger partial charge in [0.1, 0.15) is 0 Å². The Balaban J connectivity index is 2.41. The number of rotatable bonds is 12. The molecule has 0 atom stereocenters. The van der Waals surface area contributed by atoms with Gasteiger partial charge in [-0.2, -0.15) is 0 Å². The highest BCUT2D eigenvalue weighted by Crippen LogP contribution is 2.34. The average Bonchev–Trinajstić information content (AvgIpc) is 2.58. The number of aliphatic hydroxyl groups is 1. The predicted octanol–water partition coefficient (Wildman–Crippen LogP) is 4.45. The molecule has 1 aliphatic carbocycles. The lowest BCUT2D eigenvalue weighted by molar-refractivity contribution is -0.115. The van der Waals surface area contributed by atoms with Crippen molar-refractivity contribution in [3.63, 3.8) is 0 Å². The highest BCUT2D eigenvalue weighted by atomic mass is 16.5. The van der Waals surface area contributed by atoms with Gasteiger partial charge in [-0.1, -0.05) is 45.1 Å². The van der Waals surface area contributed by atoms with Crippen LogP contribution in [0, 0.1) is 0 Å². The summed E-state index contributed by atoms with van der Waals surface area (Å²) in [5.41, 5.74) is 2.47. The van der Waals surface area contributed by atoms with Gasteiger partial charge >= 0.3 is 0 Å². The zero-order valence-corrected chi connectivity index (χ0v) is 15.5. The Morgan fingerprint density at radius 1 is 0.875 bits per heavy atom. The third-order valence-electron chi connectivity index (χ3n) is 4.61. The van der Waals surface area contributed by atoms with E-state index >= 15 is 0 Å². The van der Waals surface area contributed by atoms with Crippen LogP contribution < -0.4 is 0 Å². The van der Waals surface area contributed by atoms with Crippen molar-refractivity contribution in [1.29, 1.82) is 0 Å². The monoisotopic (exact) mass is 336 g/mol. The maximum absolute atomic E-state index is 12.6. The van der Waals surface area contributed by atoms with Gasteiger partial charge in [-0.3, -0.25) is 4.79 Å². The van der Waals surface area contributed by atoms with Gasteiger partial charge in [-0.15, -0.1) is 0 Å². The van der Waals surface area contributed by atoms with Gasteiger partial charge in [0.05, 0.1) is 14.2 Å². The van der Waals surface area contributed by atoms with E-state index in [4.69, 9.17) is 14.6 Å². The van der Waals surface area contributed by atoms with Crippen LogP contribution in [-0.4, -0.2) is 31.7 Å². The Bertz CT molecular complexity index is 500. The second kappa shape index (κ2) is 11.1. The number of hydrogen-bond acceptors (Lipinski definition) is 4. The van der Waals surface area contributed by atoms with Crippen LogP contribution in [0.4, 0.5) is 0 Å². The van der Waals surface area contributed by atoms with Crippen LogP contribution in [-0.2, 0) is 14.3 Å². The number of hydrogen-bond donors (Lipinski definition) is 1. The number of ketones is 1. The Morgan fingerprint density at radius 2 is 1.38 bits per heavy atom. The molecule has 4 nitrogen and oxygen atoms in total. The molecule has 1 N–H and O–H groups in total. The number of allylic oxidation sites excluding steroid dienone is 2. The fourth-order valence-corrected chi connectivity index (χ4v) is 3.08. The molecule has 0 unspecified atom stereocenters. The summed E-state index contributed by atoms with van der Waals surface area (Å²) >= 11 is 0. The highest BCUT2D eigenvalue weighted by molar-refractivity contribution is 6.10. The first-order chi connectivity index (χ1) is 11.6.